The Hall–Kier alpha value is -3.33. The lowest BCUT2D eigenvalue weighted by molar-refractivity contribution is -0.134. The number of likely N-dealkylation sites (tertiary alicyclic amines) is 1. The third kappa shape index (κ3) is 6.46. The quantitative estimate of drug-likeness (QED) is 0.519. The number of carbonyl (C=O) groups is 2. The van der Waals surface area contributed by atoms with Crippen molar-refractivity contribution in [2.45, 2.75) is 39.7 Å². The average Bonchev–Trinajstić information content (AvgIpc) is 3.23. The smallest absolute Gasteiger partial charge is 0.246 e. The molecule has 0 bridgehead atoms. The van der Waals surface area contributed by atoms with Crippen molar-refractivity contribution in [2.75, 3.05) is 52.9 Å². The van der Waals surface area contributed by atoms with Gasteiger partial charge in [-0.2, -0.15) is 0 Å². The van der Waals surface area contributed by atoms with Crippen LogP contribution in [0.5, 0.6) is 11.5 Å². The SMILES string of the molecule is COc1cc(/C=C/C(=O)N2CCN(CC(=O)N3CCCCC3)CC2)ccc1OCc1c(C)noc1C. The summed E-state index contributed by atoms with van der Waals surface area (Å²) in [6, 6.07) is 5.56. The Morgan fingerprint density at radius 2 is 1.75 bits per heavy atom. The van der Waals surface area contributed by atoms with Gasteiger partial charge in [0.05, 0.1) is 24.9 Å². The summed E-state index contributed by atoms with van der Waals surface area (Å²) < 4.78 is 16.6. The molecule has 36 heavy (non-hydrogen) atoms. The van der Waals surface area contributed by atoms with Crippen molar-refractivity contribution in [2.24, 2.45) is 0 Å². The van der Waals surface area contributed by atoms with Crippen molar-refractivity contribution >= 4 is 17.9 Å². The van der Waals surface area contributed by atoms with Gasteiger partial charge in [0, 0.05) is 45.3 Å². The number of nitrogens with zero attached hydrogens (tertiary/aromatic N) is 4. The highest BCUT2D eigenvalue weighted by molar-refractivity contribution is 5.92. The van der Waals surface area contributed by atoms with E-state index in [1.54, 1.807) is 19.3 Å². The van der Waals surface area contributed by atoms with E-state index in [0.717, 1.165) is 48.5 Å². The molecule has 1 aromatic heterocycles. The first kappa shape index (κ1) is 25.8. The third-order valence-corrected chi connectivity index (χ3v) is 6.91. The van der Waals surface area contributed by atoms with E-state index in [1.165, 1.54) is 6.42 Å². The first-order valence-electron chi connectivity index (χ1n) is 12.6. The molecule has 9 nitrogen and oxygen atoms in total. The second-order valence-electron chi connectivity index (χ2n) is 9.38. The van der Waals surface area contributed by atoms with Gasteiger partial charge in [-0.05, 0) is 56.9 Å². The van der Waals surface area contributed by atoms with Gasteiger partial charge in [0.15, 0.2) is 11.5 Å². The molecule has 2 aromatic rings. The fourth-order valence-corrected chi connectivity index (χ4v) is 4.60. The summed E-state index contributed by atoms with van der Waals surface area (Å²) in [5.41, 5.74) is 2.57. The van der Waals surface area contributed by atoms with Crippen LogP contribution in [-0.2, 0) is 16.2 Å². The number of piperidine rings is 1. The molecule has 0 saturated carbocycles. The normalized spacial score (nSPS) is 17.0. The number of aromatic nitrogens is 1. The van der Waals surface area contributed by atoms with Crippen LogP contribution in [0.25, 0.3) is 6.08 Å². The average molecular weight is 497 g/mol. The number of aryl methyl sites for hydroxylation is 2. The molecule has 0 atom stereocenters. The fraction of sp³-hybridized carbons (Fsp3) is 0.519. The van der Waals surface area contributed by atoms with Crippen LogP contribution in [0.1, 0.15) is 41.8 Å². The van der Waals surface area contributed by atoms with E-state index in [1.807, 2.05) is 41.8 Å². The zero-order chi connectivity index (χ0) is 25.5. The molecule has 0 spiro atoms. The summed E-state index contributed by atoms with van der Waals surface area (Å²) in [4.78, 5) is 31.2. The van der Waals surface area contributed by atoms with Gasteiger partial charge in [-0.3, -0.25) is 14.5 Å². The first-order chi connectivity index (χ1) is 17.4. The molecule has 0 unspecified atom stereocenters. The monoisotopic (exact) mass is 496 g/mol. The summed E-state index contributed by atoms with van der Waals surface area (Å²) in [6.07, 6.45) is 6.80. The first-order valence-corrected chi connectivity index (χ1v) is 12.6. The van der Waals surface area contributed by atoms with Gasteiger partial charge in [0.1, 0.15) is 12.4 Å². The van der Waals surface area contributed by atoms with Gasteiger partial charge in [-0.15, -0.1) is 0 Å². The van der Waals surface area contributed by atoms with Crippen molar-refractivity contribution < 1.29 is 23.6 Å². The van der Waals surface area contributed by atoms with Gasteiger partial charge in [0.25, 0.3) is 0 Å². The maximum atomic E-state index is 12.7. The molecule has 9 heteroatoms. The van der Waals surface area contributed by atoms with Gasteiger partial charge in [0.2, 0.25) is 11.8 Å². The molecular weight excluding hydrogens is 460 g/mol. The third-order valence-electron chi connectivity index (χ3n) is 6.91. The van der Waals surface area contributed by atoms with Crippen LogP contribution in [0.2, 0.25) is 0 Å². The second-order valence-corrected chi connectivity index (χ2v) is 9.38. The van der Waals surface area contributed by atoms with Crippen LogP contribution in [0.15, 0.2) is 28.8 Å². The number of methoxy groups -OCH3 is 1. The minimum atomic E-state index is -0.0327. The number of benzene rings is 1. The fourth-order valence-electron chi connectivity index (χ4n) is 4.60. The molecule has 2 amide bonds. The summed E-state index contributed by atoms with van der Waals surface area (Å²) >= 11 is 0. The predicted octanol–water partition coefficient (Wildman–Crippen LogP) is 3.05. The maximum Gasteiger partial charge on any atom is 0.246 e. The summed E-state index contributed by atoms with van der Waals surface area (Å²) in [7, 11) is 1.59. The number of piperazine rings is 1. The highest BCUT2D eigenvalue weighted by Crippen LogP contribution is 2.30. The Labute approximate surface area is 212 Å². The van der Waals surface area contributed by atoms with E-state index in [-0.39, 0.29) is 11.8 Å². The Bertz CT molecular complexity index is 1060. The minimum absolute atomic E-state index is 0.0327. The molecule has 4 rings (SSSR count). The zero-order valence-electron chi connectivity index (χ0n) is 21.5. The second kappa shape index (κ2) is 12.1. The molecule has 3 heterocycles. The minimum Gasteiger partial charge on any atom is -0.493 e. The van der Waals surface area contributed by atoms with E-state index in [9.17, 15) is 9.59 Å². The topological polar surface area (TPSA) is 88.4 Å². The largest absolute Gasteiger partial charge is 0.493 e. The van der Waals surface area contributed by atoms with Crippen molar-refractivity contribution in [1.29, 1.82) is 0 Å². The molecule has 0 aliphatic carbocycles. The van der Waals surface area contributed by atoms with E-state index in [2.05, 4.69) is 10.1 Å². The van der Waals surface area contributed by atoms with E-state index in [4.69, 9.17) is 14.0 Å². The molecule has 2 fully saturated rings. The van der Waals surface area contributed by atoms with Crippen LogP contribution in [0.4, 0.5) is 0 Å². The number of hydrogen-bond acceptors (Lipinski definition) is 7. The summed E-state index contributed by atoms with van der Waals surface area (Å²) in [6.45, 7) is 8.94. The summed E-state index contributed by atoms with van der Waals surface area (Å²) in [5.74, 6) is 2.11. The standard InChI is InChI=1S/C27H36N4O5/c1-20-23(21(2)36-28-20)19-35-24-9-7-22(17-25(24)34-3)8-10-26(32)31-15-13-29(14-16-31)18-27(33)30-11-5-4-6-12-30/h7-10,17H,4-6,11-16,18-19H2,1-3H3/b10-8+. The number of ether oxygens (including phenoxy) is 2. The zero-order valence-corrected chi connectivity index (χ0v) is 21.5. The van der Waals surface area contributed by atoms with Crippen LogP contribution in [0, 0.1) is 13.8 Å². The van der Waals surface area contributed by atoms with Crippen LogP contribution in [0.3, 0.4) is 0 Å². The Morgan fingerprint density at radius 3 is 2.42 bits per heavy atom. The lowest BCUT2D eigenvalue weighted by Gasteiger charge is -2.35. The Balaban J connectivity index is 1.27. The van der Waals surface area contributed by atoms with Crippen LogP contribution in [-0.4, -0.2) is 84.6 Å². The number of rotatable bonds is 8. The lowest BCUT2D eigenvalue weighted by atomic mass is 10.1. The van der Waals surface area contributed by atoms with Crippen LogP contribution >= 0.6 is 0 Å². The Morgan fingerprint density at radius 1 is 1.00 bits per heavy atom. The van der Waals surface area contributed by atoms with Crippen molar-refractivity contribution in [1.82, 2.24) is 19.9 Å². The molecule has 1 aromatic carbocycles. The highest BCUT2D eigenvalue weighted by atomic mass is 16.5. The molecule has 2 aliphatic heterocycles. The molecule has 194 valence electrons. The highest BCUT2D eigenvalue weighted by Gasteiger charge is 2.24. The van der Waals surface area contributed by atoms with Crippen molar-refractivity contribution in [3.8, 4) is 11.5 Å². The number of carbonyl (C=O) groups excluding carboxylic acids is 2. The predicted molar refractivity (Wildman–Crippen MR) is 136 cm³/mol. The van der Waals surface area contributed by atoms with Gasteiger partial charge < -0.3 is 23.8 Å². The van der Waals surface area contributed by atoms with Gasteiger partial charge >= 0.3 is 0 Å². The molecule has 0 radical (unpaired) electrons. The van der Waals surface area contributed by atoms with E-state index < -0.39 is 0 Å². The number of amides is 2. The van der Waals surface area contributed by atoms with E-state index in [0.29, 0.717) is 50.8 Å². The maximum absolute atomic E-state index is 12.7. The number of hydrogen-bond donors (Lipinski definition) is 0. The van der Waals surface area contributed by atoms with Gasteiger partial charge in [-0.1, -0.05) is 11.2 Å². The van der Waals surface area contributed by atoms with Gasteiger partial charge in [-0.25, -0.2) is 0 Å². The van der Waals surface area contributed by atoms with Crippen molar-refractivity contribution in [3.05, 3.63) is 46.9 Å². The van der Waals surface area contributed by atoms with Crippen molar-refractivity contribution in [3.63, 3.8) is 0 Å². The van der Waals surface area contributed by atoms with E-state index >= 15 is 0 Å². The lowest BCUT2D eigenvalue weighted by Crippen LogP contribution is -2.51. The van der Waals surface area contributed by atoms with Crippen LogP contribution < -0.4 is 9.47 Å². The molecule has 2 aliphatic rings. The molecule has 0 N–H and O–H groups in total. The molecular formula is C27H36N4O5. The summed E-state index contributed by atoms with van der Waals surface area (Å²) in [5, 5.41) is 3.95. The molecule has 2 saturated heterocycles. The Kier molecular flexibility index (Phi) is 8.64.